The van der Waals surface area contributed by atoms with Crippen LogP contribution in [0.15, 0.2) is 33.9 Å². The Kier molecular flexibility index (Phi) is 3.45. The number of rotatable bonds is 2. The van der Waals surface area contributed by atoms with Crippen molar-refractivity contribution in [2.75, 3.05) is 0 Å². The van der Waals surface area contributed by atoms with E-state index in [0.717, 1.165) is 11.1 Å². The number of allylic oxidation sites excluding steroid dienone is 5. The third-order valence-corrected chi connectivity index (χ3v) is 8.50. The molecular weight excluding hydrogens is 366 g/mol. The Labute approximate surface area is 89.0 Å². The van der Waals surface area contributed by atoms with E-state index in [-0.39, 0.29) is 0 Å². The normalized spacial score (nSPS) is 15.1. The molecule has 0 fully saturated rings. The van der Waals surface area contributed by atoms with E-state index in [1.807, 2.05) is 0 Å². The van der Waals surface area contributed by atoms with Crippen LogP contribution in [0.25, 0.3) is 0 Å². The second-order valence-electron chi connectivity index (χ2n) is 2.91. The van der Waals surface area contributed by atoms with Gasteiger partial charge in [0.25, 0.3) is 0 Å². The van der Waals surface area contributed by atoms with Gasteiger partial charge < -0.3 is 0 Å². The Balaban J connectivity index is 3.73. The second-order valence-corrected chi connectivity index (χ2v) is 10.1. The zero-order valence-corrected chi connectivity index (χ0v) is 10.9. The van der Waals surface area contributed by atoms with Crippen molar-refractivity contribution in [1.29, 1.82) is 0 Å². The Morgan fingerprint density at radius 3 is 2.20 bits per heavy atom. The molecule has 78 valence electrons. The summed E-state index contributed by atoms with van der Waals surface area (Å²) in [5.74, 6) is 0. The van der Waals surface area contributed by atoms with E-state index in [0.29, 0.717) is 10.5 Å². The molecule has 1 rings (SSSR count). The first-order valence-corrected chi connectivity index (χ1v) is 9.55. The van der Waals surface area contributed by atoms with Crippen LogP contribution < -0.4 is 0 Å². The summed E-state index contributed by atoms with van der Waals surface area (Å²) in [6.07, 6.45) is 3.99. The Hall–Kier alpha value is -1.38. The SMILES string of the molecule is C=CC1=C(C)[C]([Re](=[C]=O)(=[C]=O)=[C]=O)=CC1. The molecule has 3 nitrogen and oxygen atoms in total. The van der Waals surface area contributed by atoms with Crippen molar-refractivity contribution in [2.45, 2.75) is 13.3 Å². The van der Waals surface area contributed by atoms with Crippen molar-refractivity contribution in [1.82, 2.24) is 0 Å². The van der Waals surface area contributed by atoms with E-state index in [1.165, 1.54) is 0 Å². The molecule has 0 radical (unpaired) electrons. The monoisotopic (exact) mass is 376 g/mol. The van der Waals surface area contributed by atoms with E-state index in [2.05, 4.69) is 6.58 Å². The molecule has 0 aliphatic heterocycles. The van der Waals surface area contributed by atoms with Crippen LogP contribution in [0.1, 0.15) is 13.3 Å². The van der Waals surface area contributed by atoms with Crippen LogP contribution in [0.4, 0.5) is 0 Å². The molecule has 0 unspecified atom stereocenters. The average Bonchev–Trinajstić information content (AvgIpc) is 2.64. The standard InChI is InChI=1S/C8H9.3CO.Re/c1-3-8-6-4-5-7(8)2;3*1-2;/h3-4H,1,6H2,2H3;;;;. The first-order valence-electron chi connectivity index (χ1n) is 4.12. The van der Waals surface area contributed by atoms with Gasteiger partial charge in [-0.15, -0.1) is 0 Å². The van der Waals surface area contributed by atoms with Crippen LogP contribution >= 0.6 is 0 Å². The van der Waals surface area contributed by atoms with Gasteiger partial charge in [-0.05, 0) is 0 Å². The molecule has 0 saturated heterocycles. The van der Waals surface area contributed by atoms with Gasteiger partial charge in [-0.25, -0.2) is 0 Å². The third kappa shape index (κ3) is 1.74. The van der Waals surface area contributed by atoms with Gasteiger partial charge in [0, 0.05) is 0 Å². The van der Waals surface area contributed by atoms with Crippen molar-refractivity contribution in [3.05, 3.63) is 33.9 Å². The summed E-state index contributed by atoms with van der Waals surface area (Å²) in [6.45, 7) is 5.39. The topological polar surface area (TPSA) is 51.2 Å². The zero-order valence-electron chi connectivity index (χ0n) is 8.17. The second kappa shape index (κ2) is 4.43. The van der Waals surface area contributed by atoms with E-state index in [1.54, 1.807) is 32.1 Å². The fourth-order valence-electron chi connectivity index (χ4n) is 1.40. The van der Waals surface area contributed by atoms with Gasteiger partial charge in [0.05, 0.1) is 0 Å². The van der Waals surface area contributed by atoms with Gasteiger partial charge >= 0.3 is 88.9 Å². The molecule has 1 aliphatic carbocycles. The minimum absolute atomic E-state index is 0.518. The Morgan fingerprint density at radius 2 is 1.87 bits per heavy atom. The molecule has 0 spiro atoms. The van der Waals surface area contributed by atoms with Crippen LogP contribution in [0.3, 0.4) is 0 Å². The van der Waals surface area contributed by atoms with Gasteiger partial charge in [0.1, 0.15) is 0 Å². The summed E-state index contributed by atoms with van der Waals surface area (Å²) >= 11 is -4.27. The van der Waals surface area contributed by atoms with Crippen LogP contribution in [0, 0.1) is 0 Å². The summed E-state index contributed by atoms with van der Waals surface area (Å²) in [4.78, 5) is 32.3. The van der Waals surface area contributed by atoms with Gasteiger partial charge in [0.2, 0.25) is 0 Å². The molecular formula is C11H9O3Re. The minimum atomic E-state index is -4.27. The van der Waals surface area contributed by atoms with Crippen LogP contribution in [-0.2, 0) is 28.6 Å². The predicted molar refractivity (Wildman–Crippen MR) is 52.7 cm³/mol. The molecule has 0 aromatic heterocycles. The number of hydrogen-bond donors (Lipinski definition) is 0. The number of hydrogen-bond acceptors (Lipinski definition) is 3. The predicted octanol–water partition coefficient (Wildman–Crippen LogP) is 1.13. The fraction of sp³-hybridized carbons (Fsp3) is 0.182. The molecule has 0 aromatic carbocycles. The van der Waals surface area contributed by atoms with Crippen molar-refractivity contribution >= 4 is 13.1 Å². The molecule has 0 aromatic rings. The maximum absolute atomic E-state index is 10.8. The third-order valence-electron chi connectivity index (χ3n) is 2.24. The van der Waals surface area contributed by atoms with E-state index in [9.17, 15) is 14.4 Å². The average molecular weight is 375 g/mol. The van der Waals surface area contributed by atoms with Gasteiger partial charge in [-0.2, -0.15) is 0 Å². The molecule has 4 heteroatoms. The summed E-state index contributed by atoms with van der Waals surface area (Å²) < 4.78 is 5.32. The molecule has 0 amide bonds. The maximum atomic E-state index is 10.8. The molecule has 0 atom stereocenters. The van der Waals surface area contributed by atoms with E-state index in [4.69, 9.17) is 0 Å². The van der Waals surface area contributed by atoms with Crippen LogP contribution in [0.2, 0.25) is 0 Å². The fourth-order valence-corrected chi connectivity index (χ4v) is 5.70. The molecule has 0 N–H and O–H groups in total. The van der Waals surface area contributed by atoms with Crippen LogP contribution in [0.5, 0.6) is 0 Å². The van der Waals surface area contributed by atoms with E-state index < -0.39 is 14.2 Å². The summed E-state index contributed by atoms with van der Waals surface area (Å²) in [7, 11) is 0. The van der Waals surface area contributed by atoms with Crippen molar-refractivity contribution in [3.8, 4) is 0 Å². The summed E-state index contributed by atoms with van der Waals surface area (Å²) in [5, 5.41) is 0. The summed E-state index contributed by atoms with van der Waals surface area (Å²) in [5.41, 5.74) is 1.72. The molecule has 15 heavy (non-hydrogen) atoms. The summed E-state index contributed by atoms with van der Waals surface area (Å²) in [6, 6.07) is 0. The van der Waals surface area contributed by atoms with Crippen molar-refractivity contribution in [3.63, 3.8) is 0 Å². The zero-order chi connectivity index (χ0) is 11.5. The quantitative estimate of drug-likeness (QED) is 0.727. The van der Waals surface area contributed by atoms with Gasteiger partial charge in [-0.1, -0.05) is 0 Å². The first kappa shape index (κ1) is 11.7. The molecule has 0 heterocycles. The van der Waals surface area contributed by atoms with Crippen LogP contribution in [-0.4, -0.2) is 13.1 Å². The molecule has 1 aliphatic rings. The molecule has 0 saturated carbocycles. The van der Waals surface area contributed by atoms with E-state index >= 15 is 0 Å². The number of carbonyl (C=O) groups excluding carboxylic acids is 3. The van der Waals surface area contributed by atoms with Crippen molar-refractivity contribution in [2.24, 2.45) is 0 Å². The van der Waals surface area contributed by atoms with Gasteiger partial charge in [0.15, 0.2) is 0 Å². The Bertz CT molecular complexity index is 583. The van der Waals surface area contributed by atoms with Crippen molar-refractivity contribution < 1.29 is 28.6 Å². The first-order chi connectivity index (χ1) is 7.15. The molecule has 0 bridgehead atoms. The van der Waals surface area contributed by atoms with Gasteiger partial charge in [-0.3, -0.25) is 0 Å². The Morgan fingerprint density at radius 1 is 1.33 bits per heavy atom.